The summed E-state index contributed by atoms with van der Waals surface area (Å²) in [4.78, 5) is 19.5. The molecule has 0 fully saturated rings. The Bertz CT molecular complexity index is 828. The number of ketones is 1. The number of nitrogen functional groups attached to an aromatic ring is 1. The molecular weight excluding hydrogens is 325 g/mol. The van der Waals surface area contributed by atoms with Crippen molar-refractivity contribution in [3.05, 3.63) is 58.1 Å². The van der Waals surface area contributed by atoms with E-state index in [-0.39, 0.29) is 5.56 Å². The molecule has 4 nitrogen and oxygen atoms in total. The second kappa shape index (κ2) is 4.72. The van der Waals surface area contributed by atoms with Crippen LogP contribution in [-0.4, -0.2) is 15.8 Å². The first kappa shape index (κ1) is 12.8. The molecule has 100 valence electrons. The Morgan fingerprint density at radius 2 is 2.10 bits per heavy atom. The second-order valence-corrected chi connectivity index (χ2v) is 5.24. The third-order valence-electron chi connectivity index (χ3n) is 2.98. The van der Waals surface area contributed by atoms with Crippen LogP contribution in [0, 0.1) is 5.82 Å². The van der Waals surface area contributed by atoms with E-state index in [0.29, 0.717) is 22.3 Å². The molecule has 0 unspecified atom stereocenters. The highest BCUT2D eigenvalue weighted by molar-refractivity contribution is 9.10. The Labute approximate surface area is 121 Å². The lowest BCUT2D eigenvalue weighted by Crippen LogP contribution is -2.04. The van der Waals surface area contributed by atoms with Crippen LogP contribution in [0.15, 0.2) is 41.1 Å². The number of hydrogen-bond acceptors (Lipinski definition) is 3. The largest absolute Gasteiger partial charge is 0.399 e. The summed E-state index contributed by atoms with van der Waals surface area (Å²) in [7, 11) is 0. The third kappa shape index (κ3) is 2.08. The zero-order chi connectivity index (χ0) is 14.3. The highest BCUT2D eigenvalue weighted by atomic mass is 79.9. The van der Waals surface area contributed by atoms with E-state index in [9.17, 15) is 9.18 Å². The summed E-state index contributed by atoms with van der Waals surface area (Å²) in [6.07, 6.45) is 3.14. The molecule has 0 saturated carbocycles. The predicted molar refractivity (Wildman–Crippen MR) is 78.0 cm³/mol. The summed E-state index contributed by atoms with van der Waals surface area (Å²) in [5, 5.41) is 0.631. The monoisotopic (exact) mass is 333 g/mol. The van der Waals surface area contributed by atoms with Crippen molar-refractivity contribution in [1.29, 1.82) is 0 Å². The van der Waals surface area contributed by atoms with Gasteiger partial charge in [0.15, 0.2) is 5.78 Å². The number of carbonyl (C=O) groups excluding carboxylic acids is 1. The molecule has 0 aliphatic rings. The van der Waals surface area contributed by atoms with Gasteiger partial charge in [-0.3, -0.25) is 4.79 Å². The topological polar surface area (TPSA) is 71.8 Å². The van der Waals surface area contributed by atoms with Crippen molar-refractivity contribution in [2.24, 2.45) is 0 Å². The predicted octanol–water partition coefficient (Wildman–Crippen LogP) is 3.28. The van der Waals surface area contributed by atoms with Gasteiger partial charge in [0.1, 0.15) is 11.5 Å². The fourth-order valence-electron chi connectivity index (χ4n) is 2.03. The van der Waals surface area contributed by atoms with Crippen molar-refractivity contribution in [3.63, 3.8) is 0 Å². The van der Waals surface area contributed by atoms with Gasteiger partial charge in [0.2, 0.25) is 0 Å². The molecule has 3 aromatic rings. The maximum atomic E-state index is 13.8. The molecule has 0 aliphatic heterocycles. The van der Waals surface area contributed by atoms with Crippen LogP contribution in [-0.2, 0) is 0 Å². The quantitative estimate of drug-likeness (QED) is 0.558. The van der Waals surface area contributed by atoms with E-state index in [0.717, 1.165) is 4.47 Å². The third-order valence-corrected chi connectivity index (χ3v) is 3.41. The van der Waals surface area contributed by atoms with Gasteiger partial charge in [0.25, 0.3) is 0 Å². The molecule has 0 atom stereocenters. The molecular formula is C14H9BrFN3O. The minimum absolute atomic E-state index is 0.0501. The van der Waals surface area contributed by atoms with Crippen LogP contribution in [0.2, 0.25) is 0 Å². The number of fused-ring (bicyclic) bond motifs is 1. The molecule has 0 spiro atoms. The van der Waals surface area contributed by atoms with Crippen LogP contribution in [0.5, 0.6) is 0 Å². The minimum atomic E-state index is -0.596. The lowest BCUT2D eigenvalue weighted by atomic mass is 10.0. The van der Waals surface area contributed by atoms with E-state index in [1.54, 1.807) is 12.3 Å². The number of nitrogens with one attached hydrogen (secondary N) is 1. The first-order chi connectivity index (χ1) is 9.56. The number of benzene rings is 1. The first-order valence-corrected chi connectivity index (χ1v) is 6.58. The van der Waals surface area contributed by atoms with Gasteiger partial charge in [0.05, 0.1) is 5.56 Å². The molecule has 3 rings (SSSR count). The molecule has 1 aromatic carbocycles. The molecule has 2 aromatic heterocycles. The lowest BCUT2D eigenvalue weighted by Gasteiger charge is -2.03. The number of rotatable bonds is 2. The summed E-state index contributed by atoms with van der Waals surface area (Å²) < 4.78 is 14.5. The van der Waals surface area contributed by atoms with Gasteiger partial charge in [0, 0.05) is 33.5 Å². The van der Waals surface area contributed by atoms with Crippen molar-refractivity contribution in [2.75, 3.05) is 5.73 Å². The number of H-pyrrole nitrogens is 1. The fraction of sp³-hybridized carbons (Fsp3) is 0. The summed E-state index contributed by atoms with van der Waals surface area (Å²) >= 11 is 3.30. The summed E-state index contributed by atoms with van der Waals surface area (Å²) in [6, 6.07) is 5.70. The molecule has 6 heteroatoms. The maximum Gasteiger partial charge on any atom is 0.198 e. The van der Waals surface area contributed by atoms with Gasteiger partial charge in [-0.15, -0.1) is 0 Å². The van der Waals surface area contributed by atoms with Crippen LogP contribution in [0.25, 0.3) is 11.0 Å². The summed E-state index contributed by atoms with van der Waals surface area (Å²) in [5.74, 6) is -1.03. The molecule has 3 N–H and O–H groups in total. The Morgan fingerprint density at radius 1 is 1.30 bits per heavy atom. The van der Waals surface area contributed by atoms with E-state index in [1.807, 2.05) is 0 Å². The number of nitrogens with two attached hydrogens (primary N) is 1. The number of halogens is 2. The van der Waals surface area contributed by atoms with Crippen LogP contribution >= 0.6 is 15.9 Å². The smallest absolute Gasteiger partial charge is 0.198 e. The highest BCUT2D eigenvalue weighted by Crippen LogP contribution is 2.24. The molecule has 0 aliphatic carbocycles. The molecule has 0 bridgehead atoms. The minimum Gasteiger partial charge on any atom is -0.399 e. The Morgan fingerprint density at radius 3 is 2.90 bits per heavy atom. The second-order valence-electron chi connectivity index (χ2n) is 4.32. The van der Waals surface area contributed by atoms with Gasteiger partial charge in [-0.1, -0.05) is 0 Å². The van der Waals surface area contributed by atoms with Crippen LogP contribution in [0.3, 0.4) is 0 Å². The van der Waals surface area contributed by atoms with E-state index < -0.39 is 11.6 Å². The highest BCUT2D eigenvalue weighted by Gasteiger charge is 2.18. The normalized spacial score (nSPS) is 10.9. The van der Waals surface area contributed by atoms with Gasteiger partial charge >= 0.3 is 0 Å². The zero-order valence-corrected chi connectivity index (χ0v) is 11.7. The van der Waals surface area contributed by atoms with Crippen LogP contribution < -0.4 is 5.73 Å². The number of pyridine rings is 1. The van der Waals surface area contributed by atoms with E-state index in [4.69, 9.17) is 5.73 Å². The number of nitrogens with zero attached hydrogens (tertiary/aromatic N) is 1. The Balaban J connectivity index is 2.17. The number of carbonyl (C=O) groups is 1. The average molecular weight is 334 g/mol. The van der Waals surface area contributed by atoms with Crippen molar-refractivity contribution >= 4 is 38.4 Å². The number of hydrogen-bond donors (Lipinski definition) is 2. The SMILES string of the molecule is Nc1ccc(F)c(C(=O)c2c[nH]c3ncc(Br)cc23)c1. The van der Waals surface area contributed by atoms with E-state index >= 15 is 0 Å². The first-order valence-electron chi connectivity index (χ1n) is 5.78. The maximum absolute atomic E-state index is 13.8. The zero-order valence-electron chi connectivity index (χ0n) is 10.2. The molecule has 0 amide bonds. The van der Waals surface area contributed by atoms with Crippen LogP contribution in [0.1, 0.15) is 15.9 Å². The Kier molecular flexibility index (Phi) is 3.02. The van der Waals surface area contributed by atoms with E-state index in [1.165, 1.54) is 24.4 Å². The molecule has 2 heterocycles. The van der Waals surface area contributed by atoms with Crippen molar-refractivity contribution in [1.82, 2.24) is 9.97 Å². The number of aromatic amines is 1. The van der Waals surface area contributed by atoms with Crippen LogP contribution in [0.4, 0.5) is 10.1 Å². The Hall–Kier alpha value is -2.21. The summed E-state index contributed by atoms with van der Waals surface area (Å²) in [5.41, 5.74) is 6.83. The number of anilines is 1. The number of aromatic nitrogens is 2. The fourth-order valence-corrected chi connectivity index (χ4v) is 2.36. The van der Waals surface area contributed by atoms with Crippen molar-refractivity contribution in [3.8, 4) is 0 Å². The van der Waals surface area contributed by atoms with Gasteiger partial charge in [-0.05, 0) is 40.2 Å². The average Bonchev–Trinajstić information content (AvgIpc) is 2.83. The van der Waals surface area contributed by atoms with Gasteiger partial charge in [-0.2, -0.15) is 0 Å². The van der Waals surface area contributed by atoms with E-state index in [2.05, 4.69) is 25.9 Å². The summed E-state index contributed by atoms with van der Waals surface area (Å²) in [6.45, 7) is 0. The van der Waals surface area contributed by atoms with Gasteiger partial charge < -0.3 is 10.7 Å². The molecule has 0 saturated heterocycles. The van der Waals surface area contributed by atoms with Crippen molar-refractivity contribution in [2.45, 2.75) is 0 Å². The standard InChI is InChI=1S/C14H9BrFN3O/c15-7-3-9-11(6-19-14(9)18-5-7)13(20)10-4-8(17)1-2-12(10)16/h1-6H,17H2,(H,18,19). The molecule has 20 heavy (non-hydrogen) atoms. The lowest BCUT2D eigenvalue weighted by molar-refractivity contribution is 0.103. The van der Waals surface area contributed by atoms with Crippen molar-refractivity contribution < 1.29 is 9.18 Å². The molecule has 0 radical (unpaired) electrons. The van der Waals surface area contributed by atoms with Gasteiger partial charge in [-0.25, -0.2) is 9.37 Å².